The van der Waals surface area contributed by atoms with E-state index in [1.165, 1.54) is 0 Å². The van der Waals surface area contributed by atoms with E-state index in [2.05, 4.69) is 25.9 Å². The minimum Gasteiger partial charge on any atom is -0.233 e. The SMILES string of the molecule is Cc1cc(C)nc(-c2ccc(Cl)cc2Br)n1. The third kappa shape index (κ3) is 2.42. The Balaban J connectivity index is 2.58. The van der Waals surface area contributed by atoms with E-state index >= 15 is 0 Å². The highest BCUT2D eigenvalue weighted by Crippen LogP contribution is 2.28. The normalized spacial score (nSPS) is 10.5. The molecule has 4 heteroatoms. The zero-order valence-electron chi connectivity index (χ0n) is 8.96. The lowest BCUT2D eigenvalue weighted by atomic mass is 10.2. The van der Waals surface area contributed by atoms with Gasteiger partial charge in [-0.2, -0.15) is 0 Å². The van der Waals surface area contributed by atoms with Gasteiger partial charge >= 0.3 is 0 Å². The quantitative estimate of drug-likeness (QED) is 0.789. The van der Waals surface area contributed by atoms with E-state index in [0.717, 1.165) is 27.2 Å². The molecule has 0 N–H and O–H groups in total. The van der Waals surface area contributed by atoms with Crippen molar-refractivity contribution in [2.45, 2.75) is 13.8 Å². The van der Waals surface area contributed by atoms with E-state index in [0.29, 0.717) is 5.02 Å². The summed E-state index contributed by atoms with van der Waals surface area (Å²) in [7, 11) is 0. The van der Waals surface area contributed by atoms with Crippen LogP contribution in [0, 0.1) is 13.8 Å². The van der Waals surface area contributed by atoms with Gasteiger partial charge in [0.1, 0.15) is 0 Å². The molecule has 0 saturated carbocycles. The van der Waals surface area contributed by atoms with Crippen LogP contribution in [0.1, 0.15) is 11.4 Å². The summed E-state index contributed by atoms with van der Waals surface area (Å²) in [6.45, 7) is 3.92. The van der Waals surface area contributed by atoms with Gasteiger partial charge < -0.3 is 0 Å². The Hall–Kier alpha value is -0.930. The molecule has 0 saturated heterocycles. The molecule has 1 aromatic heterocycles. The second kappa shape index (κ2) is 4.52. The fourth-order valence-corrected chi connectivity index (χ4v) is 2.38. The summed E-state index contributed by atoms with van der Waals surface area (Å²) in [4.78, 5) is 8.82. The van der Waals surface area contributed by atoms with E-state index in [9.17, 15) is 0 Å². The van der Waals surface area contributed by atoms with Crippen LogP contribution in [0.25, 0.3) is 11.4 Å². The van der Waals surface area contributed by atoms with Gasteiger partial charge in [0.15, 0.2) is 5.82 Å². The van der Waals surface area contributed by atoms with Gasteiger partial charge in [0.2, 0.25) is 0 Å². The molecule has 2 rings (SSSR count). The van der Waals surface area contributed by atoms with E-state index in [1.54, 1.807) is 0 Å². The monoisotopic (exact) mass is 296 g/mol. The predicted octanol–water partition coefficient (Wildman–Crippen LogP) is 4.18. The molecular formula is C12H10BrClN2. The maximum absolute atomic E-state index is 5.90. The highest BCUT2D eigenvalue weighted by Gasteiger charge is 2.07. The first-order valence-corrected chi connectivity index (χ1v) is 6.01. The number of hydrogen-bond acceptors (Lipinski definition) is 2. The Labute approximate surface area is 108 Å². The van der Waals surface area contributed by atoms with Crippen molar-refractivity contribution in [2.75, 3.05) is 0 Å². The molecule has 0 atom stereocenters. The summed E-state index contributed by atoms with van der Waals surface area (Å²) in [5.41, 5.74) is 2.88. The molecule has 1 aromatic carbocycles. The molecule has 0 radical (unpaired) electrons. The van der Waals surface area contributed by atoms with Crippen LogP contribution in [0.5, 0.6) is 0 Å². The lowest BCUT2D eigenvalue weighted by Crippen LogP contribution is -1.94. The van der Waals surface area contributed by atoms with Gasteiger partial charge in [-0.1, -0.05) is 11.6 Å². The Morgan fingerprint density at radius 1 is 1.06 bits per heavy atom. The van der Waals surface area contributed by atoms with Crippen molar-refractivity contribution in [3.63, 3.8) is 0 Å². The van der Waals surface area contributed by atoms with Gasteiger partial charge in [-0.15, -0.1) is 0 Å². The molecule has 0 aliphatic carbocycles. The predicted molar refractivity (Wildman–Crippen MR) is 69.7 cm³/mol. The van der Waals surface area contributed by atoms with Crippen molar-refractivity contribution in [1.82, 2.24) is 9.97 Å². The maximum atomic E-state index is 5.90. The highest BCUT2D eigenvalue weighted by molar-refractivity contribution is 9.10. The van der Waals surface area contributed by atoms with Crippen LogP contribution in [0.4, 0.5) is 0 Å². The van der Waals surface area contributed by atoms with E-state index in [1.807, 2.05) is 38.1 Å². The molecule has 0 amide bonds. The molecule has 16 heavy (non-hydrogen) atoms. The maximum Gasteiger partial charge on any atom is 0.160 e. The molecule has 82 valence electrons. The van der Waals surface area contributed by atoms with Crippen molar-refractivity contribution >= 4 is 27.5 Å². The van der Waals surface area contributed by atoms with Gasteiger partial charge in [0.05, 0.1) is 0 Å². The first-order valence-electron chi connectivity index (χ1n) is 4.84. The van der Waals surface area contributed by atoms with E-state index in [-0.39, 0.29) is 0 Å². The molecule has 0 aliphatic rings. The van der Waals surface area contributed by atoms with E-state index in [4.69, 9.17) is 11.6 Å². The van der Waals surface area contributed by atoms with Gasteiger partial charge in [-0.3, -0.25) is 0 Å². The van der Waals surface area contributed by atoms with Crippen molar-refractivity contribution < 1.29 is 0 Å². The second-order valence-corrected chi connectivity index (χ2v) is 4.89. The summed E-state index contributed by atoms with van der Waals surface area (Å²) in [6.07, 6.45) is 0. The zero-order valence-corrected chi connectivity index (χ0v) is 11.3. The number of halogens is 2. The lowest BCUT2D eigenvalue weighted by Gasteiger charge is -2.05. The Morgan fingerprint density at radius 2 is 1.69 bits per heavy atom. The van der Waals surface area contributed by atoms with Gasteiger partial charge in [0.25, 0.3) is 0 Å². The fraction of sp³-hybridized carbons (Fsp3) is 0.167. The second-order valence-electron chi connectivity index (χ2n) is 3.60. The first-order chi connectivity index (χ1) is 7.56. The number of nitrogens with zero attached hydrogens (tertiary/aromatic N) is 2. The van der Waals surface area contributed by atoms with Crippen LogP contribution in [-0.4, -0.2) is 9.97 Å². The third-order valence-electron chi connectivity index (χ3n) is 2.15. The molecule has 2 aromatic rings. The van der Waals surface area contributed by atoms with Gasteiger partial charge in [-0.25, -0.2) is 9.97 Å². The Bertz CT molecular complexity index is 520. The standard InChI is InChI=1S/C12H10BrClN2/c1-7-5-8(2)16-12(15-7)10-4-3-9(14)6-11(10)13/h3-6H,1-2H3. The van der Waals surface area contributed by atoms with Crippen molar-refractivity contribution in [2.24, 2.45) is 0 Å². The summed E-state index contributed by atoms with van der Waals surface area (Å²) < 4.78 is 0.907. The van der Waals surface area contributed by atoms with Crippen molar-refractivity contribution in [3.05, 3.63) is 45.1 Å². The smallest absolute Gasteiger partial charge is 0.160 e. The van der Waals surface area contributed by atoms with E-state index < -0.39 is 0 Å². The lowest BCUT2D eigenvalue weighted by molar-refractivity contribution is 1.06. The summed E-state index contributed by atoms with van der Waals surface area (Å²) >= 11 is 9.36. The van der Waals surface area contributed by atoms with Crippen LogP contribution in [0.3, 0.4) is 0 Å². The van der Waals surface area contributed by atoms with Crippen LogP contribution < -0.4 is 0 Å². The van der Waals surface area contributed by atoms with Crippen LogP contribution in [0.15, 0.2) is 28.7 Å². The molecule has 1 heterocycles. The Morgan fingerprint density at radius 3 is 2.25 bits per heavy atom. The number of aryl methyl sites for hydroxylation is 2. The molecule has 0 aliphatic heterocycles. The average molecular weight is 298 g/mol. The van der Waals surface area contributed by atoms with Crippen molar-refractivity contribution in [1.29, 1.82) is 0 Å². The minimum atomic E-state index is 0.694. The topological polar surface area (TPSA) is 25.8 Å². The summed E-state index contributed by atoms with van der Waals surface area (Å²) in [5, 5.41) is 0.694. The third-order valence-corrected chi connectivity index (χ3v) is 3.05. The molecule has 0 unspecified atom stereocenters. The van der Waals surface area contributed by atoms with Crippen LogP contribution in [-0.2, 0) is 0 Å². The number of aromatic nitrogens is 2. The fourth-order valence-electron chi connectivity index (χ4n) is 1.52. The molecule has 0 bridgehead atoms. The van der Waals surface area contributed by atoms with Gasteiger partial charge in [-0.05, 0) is 54.0 Å². The first kappa shape index (κ1) is 11.6. The average Bonchev–Trinajstić information content (AvgIpc) is 2.15. The minimum absolute atomic E-state index is 0.694. The summed E-state index contributed by atoms with van der Waals surface area (Å²) in [6, 6.07) is 7.55. The molecule has 2 nitrogen and oxygen atoms in total. The zero-order chi connectivity index (χ0) is 11.7. The number of rotatable bonds is 1. The number of hydrogen-bond donors (Lipinski definition) is 0. The largest absolute Gasteiger partial charge is 0.233 e. The van der Waals surface area contributed by atoms with Crippen molar-refractivity contribution in [3.8, 4) is 11.4 Å². The molecular weight excluding hydrogens is 288 g/mol. The Kier molecular flexibility index (Phi) is 3.26. The molecule has 0 spiro atoms. The van der Waals surface area contributed by atoms with Crippen LogP contribution in [0.2, 0.25) is 5.02 Å². The highest BCUT2D eigenvalue weighted by atomic mass is 79.9. The summed E-state index contributed by atoms with van der Waals surface area (Å²) in [5.74, 6) is 0.723. The molecule has 0 fully saturated rings. The van der Waals surface area contributed by atoms with Crippen LogP contribution >= 0.6 is 27.5 Å². The van der Waals surface area contributed by atoms with Gasteiger partial charge in [0, 0.05) is 26.4 Å². The number of benzene rings is 1.